The number of rotatable bonds is 2. The van der Waals surface area contributed by atoms with Crippen LogP contribution >= 0.6 is 0 Å². The lowest BCUT2D eigenvalue weighted by molar-refractivity contribution is -0.138. The van der Waals surface area contributed by atoms with E-state index < -0.39 is 11.7 Å². The van der Waals surface area contributed by atoms with E-state index in [-0.39, 0.29) is 17.8 Å². The molecule has 4 heteroatoms. The molecule has 2 rings (SSSR count). The predicted octanol–water partition coefficient (Wildman–Crippen LogP) is 4.74. The molecule has 0 unspecified atom stereocenters. The molecule has 0 radical (unpaired) electrons. The summed E-state index contributed by atoms with van der Waals surface area (Å²) in [6.45, 7) is 1.41. The molecule has 19 heavy (non-hydrogen) atoms. The monoisotopic (exact) mass is 268 g/mol. The number of hydrogen-bond acceptors (Lipinski definition) is 0. The lowest BCUT2D eigenvalue weighted by Gasteiger charge is -2.12. The maximum absolute atomic E-state index is 13.5. The Morgan fingerprint density at radius 2 is 1.68 bits per heavy atom. The summed E-state index contributed by atoms with van der Waals surface area (Å²) in [6, 6.07) is 10.1. The second-order valence-electron chi connectivity index (χ2n) is 4.42. The molecule has 0 atom stereocenters. The maximum Gasteiger partial charge on any atom is 0.416 e. The number of aryl methyl sites for hydroxylation is 1. The van der Waals surface area contributed by atoms with Crippen LogP contribution in [0.5, 0.6) is 0 Å². The highest BCUT2D eigenvalue weighted by molar-refractivity contribution is 5.36. The highest BCUT2D eigenvalue weighted by atomic mass is 19.4. The van der Waals surface area contributed by atoms with Crippen LogP contribution in [0.4, 0.5) is 17.6 Å². The van der Waals surface area contributed by atoms with Crippen molar-refractivity contribution in [3.63, 3.8) is 0 Å². The smallest absolute Gasteiger partial charge is 0.207 e. The molecular weight excluding hydrogens is 256 g/mol. The molecule has 0 saturated heterocycles. The van der Waals surface area contributed by atoms with Crippen molar-refractivity contribution in [2.24, 2.45) is 0 Å². The van der Waals surface area contributed by atoms with E-state index in [1.807, 2.05) is 0 Å². The Kier molecular flexibility index (Phi) is 3.60. The summed E-state index contributed by atoms with van der Waals surface area (Å²) in [6.07, 6.45) is -4.06. The Hall–Kier alpha value is -1.84. The average Bonchev–Trinajstić information content (AvgIpc) is 2.30. The molecule has 2 aromatic rings. The molecule has 0 spiro atoms. The summed E-state index contributed by atoms with van der Waals surface area (Å²) in [7, 11) is 0. The third kappa shape index (κ3) is 3.13. The Morgan fingerprint density at radius 3 is 2.26 bits per heavy atom. The van der Waals surface area contributed by atoms with Gasteiger partial charge in [-0.1, -0.05) is 30.3 Å². The first-order chi connectivity index (χ1) is 8.88. The summed E-state index contributed by atoms with van der Waals surface area (Å²) in [5.74, 6) is -0.347. The van der Waals surface area contributed by atoms with Crippen molar-refractivity contribution in [2.75, 3.05) is 0 Å². The normalized spacial score (nSPS) is 11.6. The molecule has 0 aliphatic carbocycles. The van der Waals surface area contributed by atoms with Gasteiger partial charge in [0.15, 0.2) is 0 Å². The van der Waals surface area contributed by atoms with E-state index in [0.717, 1.165) is 6.07 Å². The second kappa shape index (κ2) is 5.03. The fourth-order valence-corrected chi connectivity index (χ4v) is 2.02. The molecule has 2 aromatic carbocycles. The number of alkyl halides is 3. The van der Waals surface area contributed by atoms with Crippen LogP contribution in [0.3, 0.4) is 0 Å². The van der Waals surface area contributed by atoms with Gasteiger partial charge < -0.3 is 0 Å². The third-order valence-corrected chi connectivity index (χ3v) is 2.95. The molecule has 0 saturated carbocycles. The van der Waals surface area contributed by atoms with E-state index in [2.05, 4.69) is 0 Å². The van der Waals surface area contributed by atoms with Gasteiger partial charge in [-0.25, -0.2) is 4.39 Å². The minimum atomic E-state index is -4.35. The van der Waals surface area contributed by atoms with Crippen LogP contribution in [0.15, 0.2) is 42.5 Å². The standard InChI is InChI=1S/C15H12F4/c1-10-8-11(6-7-13(10)15(17,18)19)9-12-4-2-3-5-14(12)16/h2-8H,9H2,1H3. The molecule has 0 fully saturated rings. The van der Waals surface area contributed by atoms with Crippen molar-refractivity contribution in [1.29, 1.82) is 0 Å². The van der Waals surface area contributed by atoms with Crippen LogP contribution in [0.2, 0.25) is 0 Å². The molecule has 0 heterocycles. The van der Waals surface area contributed by atoms with E-state index in [0.29, 0.717) is 11.1 Å². The molecule has 100 valence electrons. The summed E-state index contributed by atoms with van der Waals surface area (Å²) in [5, 5.41) is 0. The summed E-state index contributed by atoms with van der Waals surface area (Å²) in [4.78, 5) is 0. The first-order valence-corrected chi connectivity index (χ1v) is 5.78. The number of halogens is 4. The Labute approximate surface area is 108 Å². The minimum Gasteiger partial charge on any atom is -0.207 e. The van der Waals surface area contributed by atoms with Crippen molar-refractivity contribution in [3.05, 3.63) is 70.5 Å². The predicted molar refractivity (Wildman–Crippen MR) is 65.4 cm³/mol. The van der Waals surface area contributed by atoms with Crippen LogP contribution in [-0.2, 0) is 12.6 Å². The van der Waals surface area contributed by atoms with Crippen molar-refractivity contribution in [1.82, 2.24) is 0 Å². The van der Waals surface area contributed by atoms with E-state index in [4.69, 9.17) is 0 Å². The average molecular weight is 268 g/mol. The van der Waals surface area contributed by atoms with Crippen molar-refractivity contribution >= 4 is 0 Å². The number of hydrogen-bond donors (Lipinski definition) is 0. The maximum atomic E-state index is 13.5. The fourth-order valence-electron chi connectivity index (χ4n) is 2.02. The van der Waals surface area contributed by atoms with E-state index in [1.165, 1.54) is 25.1 Å². The zero-order valence-electron chi connectivity index (χ0n) is 10.3. The largest absolute Gasteiger partial charge is 0.416 e. The van der Waals surface area contributed by atoms with Crippen LogP contribution in [-0.4, -0.2) is 0 Å². The van der Waals surface area contributed by atoms with Gasteiger partial charge in [0, 0.05) is 6.42 Å². The van der Waals surface area contributed by atoms with Gasteiger partial charge in [0.1, 0.15) is 5.82 Å². The van der Waals surface area contributed by atoms with Crippen LogP contribution in [0.1, 0.15) is 22.3 Å². The lowest BCUT2D eigenvalue weighted by Crippen LogP contribution is -2.07. The third-order valence-electron chi connectivity index (χ3n) is 2.95. The Morgan fingerprint density at radius 1 is 1.00 bits per heavy atom. The topological polar surface area (TPSA) is 0 Å². The van der Waals surface area contributed by atoms with E-state index in [1.54, 1.807) is 18.2 Å². The fraction of sp³-hybridized carbons (Fsp3) is 0.200. The summed E-state index contributed by atoms with van der Waals surface area (Å²) < 4.78 is 51.3. The van der Waals surface area contributed by atoms with Gasteiger partial charge in [0.25, 0.3) is 0 Å². The Bertz CT molecular complexity index is 585. The quantitative estimate of drug-likeness (QED) is 0.690. The second-order valence-corrected chi connectivity index (χ2v) is 4.42. The zero-order valence-corrected chi connectivity index (χ0v) is 10.3. The summed E-state index contributed by atoms with van der Waals surface area (Å²) >= 11 is 0. The van der Waals surface area contributed by atoms with E-state index >= 15 is 0 Å². The van der Waals surface area contributed by atoms with Crippen molar-refractivity contribution < 1.29 is 17.6 Å². The first kappa shape index (κ1) is 13.6. The number of benzene rings is 2. The molecule has 0 aromatic heterocycles. The zero-order chi connectivity index (χ0) is 14.0. The highest BCUT2D eigenvalue weighted by Gasteiger charge is 2.32. The van der Waals surface area contributed by atoms with Crippen LogP contribution < -0.4 is 0 Å². The molecule has 0 N–H and O–H groups in total. The van der Waals surface area contributed by atoms with Gasteiger partial charge in [-0.05, 0) is 35.7 Å². The van der Waals surface area contributed by atoms with Gasteiger partial charge in [0.05, 0.1) is 5.56 Å². The van der Waals surface area contributed by atoms with Crippen LogP contribution in [0.25, 0.3) is 0 Å². The van der Waals surface area contributed by atoms with Crippen LogP contribution in [0, 0.1) is 12.7 Å². The molecular formula is C15H12F4. The van der Waals surface area contributed by atoms with Gasteiger partial charge in [-0.15, -0.1) is 0 Å². The first-order valence-electron chi connectivity index (χ1n) is 5.78. The van der Waals surface area contributed by atoms with Crippen molar-refractivity contribution in [2.45, 2.75) is 19.5 Å². The molecule has 0 aliphatic heterocycles. The van der Waals surface area contributed by atoms with Gasteiger partial charge >= 0.3 is 6.18 Å². The minimum absolute atomic E-state index is 0.154. The molecule has 0 aliphatic rings. The van der Waals surface area contributed by atoms with E-state index in [9.17, 15) is 17.6 Å². The van der Waals surface area contributed by atoms with Crippen molar-refractivity contribution in [3.8, 4) is 0 Å². The molecule has 0 nitrogen and oxygen atoms in total. The highest BCUT2D eigenvalue weighted by Crippen LogP contribution is 2.32. The van der Waals surface area contributed by atoms with Gasteiger partial charge in [-0.3, -0.25) is 0 Å². The molecule has 0 bridgehead atoms. The summed E-state index contributed by atoms with van der Waals surface area (Å²) in [5.41, 5.74) is 0.642. The lowest BCUT2D eigenvalue weighted by atomic mass is 9.99. The van der Waals surface area contributed by atoms with Gasteiger partial charge in [-0.2, -0.15) is 13.2 Å². The van der Waals surface area contributed by atoms with Gasteiger partial charge in [0.2, 0.25) is 0 Å². The SMILES string of the molecule is Cc1cc(Cc2ccccc2F)ccc1C(F)(F)F. The molecule has 0 amide bonds. The Balaban J connectivity index is 2.29.